The van der Waals surface area contributed by atoms with Gasteiger partial charge >= 0.3 is 0 Å². The molecule has 0 unspecified atom stereocenters. The zero-order valence-corrected chi connectivity index (χ0v) is 19.8. The number of nitrogens with zero attached hydrogens (tertiary/aromatic N) is 6. The molecule has 174 valence electrons. The fraction of sp³-hybridized carbons (Fsp3) is 0.217. The second-order valence-electron chi connectivity index (χ2n) is 7.79. The van der Waals surface area contributed by atoms with E-state index in [2.05, 4.69) is 15.5 Å². The van der Waals surface area contributed by atoms with Gasteiger partial charge in [0.05, 0.1) is 16.3 Å². The van der Waals surface area contributed by atoms with E-state index in [0.717, 1.165) is 16.5 Å². The summed E-state index contributed by atoms with van der Waals surface area (Å²) in [6, 6.07) is 22.3. The summed E-state index contributed by atoms with van der Waals surface area (Å²) in [7, 11) is -3.63. The van der Waals surface area contributed by atoms with Gasteiger partial charge in [0.15, 0.2) is 0 Å². The first-order valence-electron chi connectivity index (χ1n) is 10.8. The number of fused-ring (bicyclic) bond motifs is 1. The molecule has 0 atom stereocenters. The second-order valence-corrected chi connectivity index (χ2v) is 10.7. The standard InChI is InChI=1S/C23H22N6O3S2/c30-22(17-33-23-24-25-26-29(23)20-8-2-1-3-9-20)27-12-14-28(15-13-27)34(31,32)21-11-10-18-6-4-5-7-19(18)16-21/h1-11,16H,12-15,17H2. The molecule has 0 N–H and O–H groups in total. The summed E-state index contributed by atoms with van der Waals surface area (Å²) in [6.07, 6.45) is 0. The Labute approximate surface area is 201 Å². The maximum absolute atomic E-state index is 13.2. The van der Waals surface area contributed by atoms with E-state index < -0.39 is 10.0 Å². The first-order chi connectivity index (χ1) is 16.5. The molecule has 4 aromatic rings. The van der Waals surface area contributed by atoms with Gasteiger partial charge < -0.3 is 4.90 Å². The number of aromatic nitrogens is 4. The number of sulfonamides is 1. The molecule has 0 bridgehead atoms. The number of thioether (sulfide) groups is 1. The van der Waals surface area contributed by atoms with Crippen molar-refractivity contribution in [3.8, 4) is 5.69 Å². The van der Waals surface area contributed by atoms with Crippen LogP contribution in [0.15, 0.2) is 82.8 Å². The number of para-hydroxylation sites is 1. The van der Waals surface area contributed by atoms with E-state index in [1.807, 2.05) is 60.7 Å². The van der Waals surface area contributed by atoms with E-state index in [1.165, 1.54) is 16.1 Å². The Balaban J connectivity index is 1.20. The molecule has 34 heavy (non-hydrogen) atoms. The number of carbonyl (C=O) groups is 1. The number of hydrogen-bond acceptors (Lipinski definition) is 7. The van der Waals surface area contributed by atoms with Crippen LogP contribution in [-0.2, 0) is 14.8 Å². The van der Waals surface area contributed by atoms with Crippen molar-refractivity contribution in [1.29, 1.82) is 0 Å². The quantitative estimate of drug-likeness (QED) is 0.380. The van der Waals surface area contributed by atoms with Crippen molar-refractivity contribution in [2.45, 2.75) is 10.1 Å². The molecule has 1 aromatic heterocycles. The molecular weight excluding hydrogens is 472 g/mol. The molecule has 1 aliphatic heterocycles. The summed E-state index contributed by atoms with van der Waals surface area (Å²) in [5.41, 5.74) is 0.815. The van der Waals surface area contributed by atoms with E-state index in [4.69, 9.17) is 0 Å². The minimum Gasteiger partial charge on any atom is -0.339 e. The molecule has 3 aromatic carbocycles. The van der Waals surface area contributed by atoms with Crippen molar-refractivity contribution < 1.29 is 13.2 Å². The van der Waals surface area contributed by atoms with Crippen molar-refractivity contribution in [2.24, 2.45) is 0 Å². The maximum Gasteiger partial charge on any atom is 0.243 e. The van der Waals surface area contributed by atoms with Gasteiger partial charge in [-0.05, 0) is 45.5 Å². The predicted molar refractivity (Wildman–Crippen MR) is 129 cm³/mol. The number of carbonyl (C=O) groups excluding carboxylic acids is 1. The van der Waals surface area contributed by atoms with Crippen LogP contribution >= 0.6 is 11.8 Å². The van der Waals surface area contributed by atoms with Gasteiger partial charge in [-0.3, -0.25) is 4.79 Å². The normalized spacial score (nSPS) is 15.0. The van der Waals surface area contributed by atoms with Crippen LogP contribution in [0.25, 0.3) is 16.5 Å². The first kappa shape index (κ1) is 22.5. The third-order valence-electron chi connectivity index (χ3n) is 5.72. The van der Waals surface area contributed by atoms with Crippen LogP contribution in [0.5, 0.6) is 0 Å². The van der Waals surface area contributed by atoms with E-state index in [9.17, 15) is 13.2 Å². The van der Waals surface area contributed by atoms with Crippen LogP contribution < -0.4 is 0 Å². The zero-order chi connectivity index (χ0) is 23.5. The highest BCUT2D eigenvalue weighted by Gasteiger charge is 2.30. The maximum atomic E-state index is 13.2. The Kier molecular flexibility index (Phi) is 6.31. The summed E-state index contributed by atoms with van der Waals surface area (Å²) in [5.74, 6) is 0.0975. The van der Waals surface area contributed by atoms with Gasteiger partial charge in [0.25, 0.3) is 0 Å². The van der Waals surface area contributed by atoms with Crippen LogP contribution in [0, 0.1) is 0 Å². The van der Waals surface area contributed by atoms with E-state index in [1.54, 1.807) is 21.7 Å². The zero-order valence-electron chi connectivity index (χ0n) is 18.2. The van der Waals surface area contributed by atoms with Crippen molar-refractivity contribution in [3.05, 3.63) is 72.8 Å². The van der Waals surface area contributed by atoms with Gasteiger partial charge in [-0.25, -0.2) is 8.42 Å². The summed E-state index contributed by atoms with van der Waals surface area (Å²) in [6.45, 7) is 1.20. The largest absolute Gasteiger partial charge is 0.339 e. The molecule has 11 heteroatoms. The number of hydrogen-bond donors (Lipinski definition) is 0. The van der Waals surface area contributed by atoms with Crippen molar-refractivity contribution in [3.63, 3.8) is 0 Å². The number of benzene rings is 3. The minimum absolute atomic E-state index is 0.0737. The lowest BCUT2D eigenvalue weighted by atomic mass is 10.1. The highest BCUT2D eigenvalue weighted by atomic mass is 32.2. The van der Waals surface area contributed by atoms with Gasteiger partial charge in [-0.15, -0.1) is 5.10 Å². The first-order valence-corrected chi connectivity index (χ1v) is 13.2. The summed E-state index contributed by atoms with van der Waals surface area (Å²) in [5, 5.41) is 14.1. The molecule has 1 fully saturated rings. The van der Waals surface area contributed by atoms with Crippen molar-refractivity contribution >= 4 is 38.5 Å². The van der Waals surface area contributed by atoms with Crippen molar-refractivity contribution in [2.75, 3.05) is 31.9 Å². The number of rotatable bonds is 6. The van der Waals surface area contributed by atoms with Gasteiger partial charge in [0, 0.05) is 26.2 Å². The average molecular weight is 495 g/mol. The number of tetrazole rings is 1. The second kappa shape index (κ2) is 9.53. The Morgan fingerprint density at radius 3 is 2.35 bits per heavy atom. The molecule has 0 radical (unpaired) electrons. The molecule has 2 heterocycles. The Morgan fingerprint density at radius 1 is 0.882 bits per heavy atom. The lowest BCUT2D eigenvalue weighted by Gasteiger charge is -2.34. The average Bonchev–Trinajstić information content (AvgIpc) is 3.36. The van der Waals surface area contributed by atoms with Gasteiger partial charge in [0.2, 0.25) is 21.1 Å². The van der Waals surface area contributed by atoms with Gasteiger partial charge in [0.1, 0.15) is 0 Å². The monoisotopic (exact) mass is 494 g/mol. The molecule has 1 aliphatic rings. The lowest BCUT2D eigenvalue weighted by molar-refractivity contribution is -0.129. The number of amides is 1. The van der Waals surface area contributed by atoms with E-state index in [-0.39, 0.29) is 29.6 Å². The van der Waals surface area contributed by atoms with Crippen LogP contribution in [0.4, 0.5) is 0 Å². The topological polar surface area (TPSA) is 101 Å². The molecule has 1 amide bonds. The van der Waals surface area contributed by atoms with Crippen LogP contribution in [0.3, 0.4) is 0 Å². The van der Waals surface area contributed by atoms with E-state index >= 15 is 0 Å². The minimum atomic E-state index is -3.63. The van der Waals surface area contributed by atoms with Crippen molar-refractivity contribution in [1.82, 2.24) is 29.4 Å². The van der Waals surface area contributed by atoms with Crippen LogP contribution in [0.1, 0.15) is 0 Å². The molecule has 0 saturated carbocycles. The van der Waals surface area contributed by atoms with E-state index in [0.29, 0.717) is 18.2 Å². The number of piperazine rings is 1. The van der Waals surface area contributed by atoms with Gasteiger partial charge in [-0.2, -0.15) is 8.99 Å². The highest BCUT2D eigenvalue weighted by molar-refractivity contribution is 7.99. The summed E-state index contributed by atoms with van der Waals surface area (Å²) < 4.78 is 29.3. The summed E-state index contributed by atoms with van der Waals surface area (Å²) >= 11 is 1.26. The Hall–Kier alpha value is -3.28. The molecule has 5 rings (SSSR count). The smallest absolute Gasteiger partial charge is 0.243 e. The third kappa shape index (κ3) is 4.54. The highest BCUT2D eigenvalue weighted by Crippen LogP contribution is 2.23. The molecule has 9 nitrogen and oxygen atoms in total. The lowest BCUT2D eigenvalue weighted by Crippen LogP contribution is -2.50. The SMILES string of the molecule is O=C(CSc1nnnn1-c1ccccc1)N1CCN(S(=O)(=O)c2ccc3ccccc3c2)CC1. The molecular formula is C23H22N6O3S2. The fourth-order valence-electron chi connectivity index (χ4n) is 3.87. The molecule has 0 spiro atoms. The Bertz CT molecular complexity index is 1420. The summed E-state index contributed by atoms with van der Waals surface area (Å²) in [4.78, 5) is 14.7. The Morgan fingerprint density at radius 2 is 1.59 bits per heavy atom. The van der Waals surface area contributed by atoms with Crippen LogP contribution in [-0.4, -0.2) is 75.7 Å². The molecule has 1 saturated heterocycles. The predicted octanol–water partition coefficient (Wildman–Crippen LogP) is 2.44. The fourth-order valence-corrected chi connectivity index (χ4v) is 6.12. The molecule has 0 aliphatic carbocycles. The van der Waals surface area contributed by atoms with Crippen LogP contribution in [0.2, 0.25) is 0 Å². The van der Waals surface area contributed by atoms with Gasteiger partial charge in [-0.1, -0.05) is 60.3 Å². The third-order valence-corrected chi connectivity index (χ3v) is 8.52.